The van der Waals surface area contributed by atoms with E-state index in [0.29, 0.717) is 12.3 Å². The first-order valence-electron chi connectivity index (χ1n) is 3.59. The number of rotatable bonds is 3. The molecule has 0 amide bonds. The second kappa shape index (κ2) is 3.92. The van der Waals surface area contributed by atoms with E-state index in [-0.39, 0.29) is 11.2 Å². The molecular weight excluding hydrogens is 158 g/mol. The predicted octanol–water partition coefficient (Wildman–Crippen LogP) is 0.368. The van der Waals surface area contributed by atoms with Gasteiger partial charge in [0.15, 0.2) is 5.76 Å². The highest BCUT2D eigenvalue weighted by Crippen LogP contribution is 2.10. The number of hydrogen-bond donors (Lipinski definition) is 1. The second-order valence-electron chi connectivity index (χ2n) is 2.27. The van der Waals surface area contributed by atoms with Gasteiger partial charge in [-0.3, -0.25) is 4.79 Å². The van der Waals surface area contributed by atoms with E-state index >= 15 is 0 Å². The summed E-state index contributed by atoms with van der Waals surface area (Å²) in [5.41, 5.74) is -0.158. The minimum atomic E-state index is -0.158. The average Bonchev–Trinajstić information content (AvgIpc) is 2.05. The molecule has 1 aromatic heterocycles. The molecule has 0 saturated heterocycles. The largest absolute Gasteiger partial charge is 0.490 e. The third-order valence-corrected chi connectivity index (χ3v) is 1.45. The van der Waals surface area contributed by atoms with Crippen LogP contribution in [-0.2, 0) is 6.54 Å². The maximum atomic E-state index is 11.1. The molecule has 4 nitrogen and oxygen atoms in total. The third kappa shape index (κ3) is 1.65. The Kier molecular flexibility index (Phi) is 2.88. The molecule has 0 bridgehead atoms. The third-order valence-electron chi connectivity index (χ3n) is 1.45. The summed E-state index contributed by atoms with van der Waals surface area (Å²) in [6, 6.07) is 1.33. The van der Waals surface area contributed by atoms with Crippen LogP contribution in [0.2, 0.25) is 0 Å². The van der Waals surface area contributed by atoms with E-state index < -0.39 is 0 Å². The van der Waals surface area contributed by atoms with E-state index in [1.807, 2.05) is 0 Å². The Balaban J connectivity index is 3.09. The van der Waals surface area contributed by atoms with Gasteiger partial charge in [0.2, 0.25) is 11.2 Å². The fourth-order valence-electron chi connectivity index (χ4n) is 0.942. The van der Waals surface area contributed by atoms with Gasteiger partial charge in [-0.05, 0) is 7.05 Å². The number of ether oxygens (including phenoxy) is 1. The van der Waals surface area contributed by atoms with Crippen LogP contribution in [0, 0.1) is 0 Å². The Morgan fingerprint density at radius 2 is 2.42 bits per heavy atom. The van der Waals surface area contributed by atoms with Gasteiger partial charge in [0.05, 0.1) is 19.9 Å². The molecule has 1 N–H and O–H groups in total. The lowest BCUT2D eigenvalue weighted by Crippen LogP contribution is -2.12. The summed E-state index contributed by atoms with van der Waals surface area (Å²) in [4.78, 5) is 11.1. The first-order valence-corrected chi connectivity index (χ1v) is 3.59. The van der Waals surface area contributed by atoms with Crippen molar-refractivity contribution in [3.8, 4) is 5.75 Å². The topological polar surface area (TPSA) is 51.5 Å². The molecule has 1 rings (SSSR count). The molecule has 12 heavy (non-hydrogen) atoms. The molecule has 1 aromatic rings. The summed E-state index contributed by atoms with van der Waals surface area (Å²) < 4.78 is 9.97. The summed E-state index contributed by atoms with van der Waals surface area (Å²) in [6.07, 6.45) is 1.36. The monoisotopic (exact) mass is 169 g/mol. The zero-order valence-corrected chi connectivity index (χ0v) is 7.09. The Morgan fingerprint density at radius 3 is 3.00 bits per heavy atom. The molecular formula is C8H11NO3. The second-order valence-corrected chi connectivity index (χ2v) is 2.27. The number of hydrogen-bond acceptors (Lipinski definition) is 4. The molecule has 0 aromatic carbocycles. The molecule has 0 spiro atoms. The van der Waals surface area contributed by atoms with Crippen molar-refractivity contribution in [2.45, 2.75) is 6.54 Å². The Bertz CT molecular complexity index is 305. The maximum Gasteiger partial charge on any atom is 0.227 e. The fraction of sp³-hybridized carbons (Fsp3) is 0.375. The van der Waals surface area contributed by atoms with E-state index in [2.05, 4.69) is 5.32 Å². The SMILES string of the molecule is CNCc1occc(=O)c1OC. The van der Waals surface area contributed by atoms with Crippen LogP contribution in [0.1, 0.15) is 5.76 Å². The molecule has 0 saturated carbocycles. The van der Waals surface area contributed by atoms with Crippen LogP contribution in [0.4, 0.5) is 0 Å². The quantitative estimate of drug-likeness (QED) is 0.710. The van der Waals surface area contributed by atoms with E-state index in [9.17, 15) is 4.79 Å². The van der Waals surface area contributed by atoms with Crippen LogP contribution in [0.3, 0.4) is 0 Å². The van der Waals surface area contributed by atoms with Crippen molar-refractivity contribution in [3.05, 3.63) is 28.3 Å². The van der Waals surface area contributed by atoms with Gasteiger partial charge in [-0.15, -0.1) is 0 Å². The van der Waals surface area contributed by atoms with E-state index in [1.54, 1.807) is 7.05 Å². The average molecular weight is 169 g/mol. The molecule has 0 aliphatic rings. The van der Waals surface area contributed by atoms with Crippen LogP contribution in [0.15, 0.2) is 21.5 Å². The Hall–Kier alpha value is -1.29. The molecule has 0 aliphatic carbocycles. The van der Waals surface area contributed by atoms with Gasteiger partial charge >= 0.3 is 0 Å². The summed E-state index contributed by atoms with van der Waals surface area (Å²) in [5.74, 6) is 0.791. The van der Waals surface area contributed by atoms with Crippen molar-refractivity contribution in [2.24, 2.45) is 0 Å². The van der Waals surface area contributed by atoms with Crippen molar-refractivity contribution >= 4 is 0 Å². The lowest BCUT2D eigenvalue weighted by molar-refractivity contribution is 0.363. The van der Waals surface area contributed by atoms with E-state index in [0.717, 1.165) is 0 Å². The van der Waals surface area contributed by atoms with E-state index in [1.165, 1.54) is 19.4 Å². The first-order chi connectivity index (χ1) is 5.79. The van der Waals surface area contributed by atoms with Crippen molar-refractivity contribution < 1.29 is 9.15 Å². The minimum Gasteiger partial charge on any atom is -0.490 e. The van der Waals surface area contributed by atoms with Crippen LogP contribution < -0.4 is 15.5 Å². The van der Waals surface area contributed by atoms with Gasteiger partial charge in [-0.25, -0.2) is 0 Å². The highest BCUT2D eigenvalue weighted by Gasteiger charge is 2.07. The van der Waals surface area contributed by atoms with Crippen LogP contribution in [0.25, 0.3) is 0 Å². The maximum absolute atomic E-state index is 11.1. The molecule has 0 fully saturated rings. The van der Waals surface area contributed by atoms with Crippen molar-refractivity contribution in [2.75, 3.05) is 14.2 Å². The molecule has 0 unspecified atom stereocenters. The van der Waals surface area contributed by atoms with Gasteiger partial charge in [-0.1, -0.05) is 0 Å². The minimum absolute atomic E-state index is 0.158. The molecule has 0 aliphatic heterocycles. The van der Waals surface area contributed by atoms with Crippen LogP contribution in [0.5, 0.6) is 5.75 Å². The van der Waals surface area contributed by atoms with Crippen LogP contribution >= 0.6 is 0 Å². The van der Waals surface area contributed by atoms with Gasteiger partial charge in [-0.2, -0.15) is 0 Å². The zero-order valence-electron chi connectivity index (χ0n) is 7.09. The molecule has 4 heteroatoms. The van der Waals surface area contributed by atoms with E-state index in [4.69, 9.17) is 9.15 Å². The molecule has 0 radical (unpaired) electrons. The van der Waals surface area contributed by atoms with Crippen LogP contribution in [-0.4, -0.2) is 14.2 Å². The highest BCUT2D eigenvalue weighted by atomic mass is 16.5. The lowest BCUT2D eigenvalue weighted by Gasteiger charge is -2.03. The summed E-state index contributed by atoms with van der Waals surface area (Å²) in [6.45, 7) is 0.485. The Labute approximate surface area is 70.2 Å². The van der Waals surface area contributed by atoms with Gasteiger partial charge in [0, 0.05) is 6.07 Å². The van der Waals surface area contributed by atoms with Crippen molar-refractivity contribution in [1.82, 2.24) is 5.32 Å². The fourth-order valence-corrected chi connectivity index (χ4v) is 0.942. The standard InChI is InChI=1S/C8H11NO3/c1-9-5-7-8(11-2)6(10)3-4-12-7/h3-4,9H,5H2,1-2H3. The lowest BCUT2D eigenvalue weighted by atomic mass is 10.3. The molecule has 0 atom stereocenters. The van der Waals surface area contributed by atoms with Gasteiger partial charge in [0.1, 0.15) is 0 Å². The normalized spacial score (nSPS) is 9.83. The molecule has 66 valence electrons. The summed E-state index contributed by atoms with van der Waals surface area (Å²) in [7, 11) is 3.22. The van der Waals surface area contributed by atoms with Gasteiger partial charge in [0.25, 0.3) is 0 Å². The van der Waals surface area contributed by atoms with Crippen molar-refractivity contribution in [1.29, 1.82) is 0 Å². The van der Waals surface area contributed by atoms with Crippen molar-refractivity contribution in [3.63, 3.8) is 0 Å². The first kappa shape index (κ1) is 8.80. The van der Waals surface area contributed by atoms with Gasteiger partial charge < -0.3 is 14.5 Å². The highest BCUT2D eigenvalue weighted by molar-refractivity contribution is 5.24. The smallest absolute Gasteiger partial charge is 0.227 e. The molecule has 1 heterocycles. The number of methoxy groups -OCH3 is 1. The summed E-state index contributed by atoms with van der Waals surface area (Å²) >= 11 is 0. The predicted molar refractivity (Wildman–Crippen MR) is 44.3 cm³/mol. The Morgan fingerprint density at radius 1 is 1.67 bits per heavy atom. The number of nitrogens with one attached hydrogen (secondary N) is 1. The summed E-state index contributed by atoms with van der Waals surface area (Å²) in [5, 5.41) is 2.87. The zero-order chi connectivity index (χ0) is 8.97.